The van der Waals surface area contributed by atoms with Crippen LogP contribution < -0.4 is 4.74 Å². The van der Waals surface area contributed by atoms with Gasteiger partial charge in [-0.1, -0.05) is 23.4 Å². The van der Waals surface area contributed by atoms with E-state index in [0.717, 1.165) is 30.0 Å². The smallest absolute Gasteiger partial charge is 0.130 e. The number of aryl methyl sites for hydroxylation is 1. The van der Waals surface area contributed by atoms with Crippen molar-refractivity contribution in [3.63, 3.8) is 0 Å². The number of oxime groups is 1. The summed E-state index contributed by atoms with van der Waals surface area (Å²) in [6.07, 6.45) is 3.37. The van der Waals surface area contributed by atoms with E-state index in [0.29, 0.717) is 6.61 Å². The lowest BCUT2D eigenvalue weighted by Gasteiger charge is -2.06. The summed E-state index contributed by atoms with van der Waals surface area (Å²) >= 11 is 0. The van der Waals surface area contributed by atoms with Crippen molar-refractivity contribution in [1.29, 1.82) is 0 Å². The van der Waals surface area contributed by atoms with Gasteiger partial charge in [-0.2, -0.15) is 0 Å². The Morgan fingerprint density at radius 1 is 1.20 bits per heavy atom. The largest absolute Gasteiger partial charge is 0.487 e. The molecule has 0 atom stereocenters. The lowest BCUT2D eigenvalue weighted by atomic mass is 10.1. The van der Waals surface area contributed by atoms with E-state index >= 15 is 0 Å². The molecule has 0 bridgehead atoms. The van der Waals surface area contributed by atoms with Crippen molar-refractivity contribution in [3.8, 4) is 5.75 Å². The monoisotopic (exact) mass is 270 g/mol. The fraction of sp³-hybridized carbons (Fsp3) is 0.250. The second-order valence-electron chi connectivity index (χ2n) is 4.59. The van der Waals surface area contributed by atoms with Crippen molar-refractivity contribution in [2.75, 3.05) is 0 Å². The van der Waals surface area contributed by atoms with E-state index in [4.69, 9.17) is 9.94 Å². The van der Waals surface area contributed by atoms with Crippen LogP contribution in [0.3, 0.4) is 0 Å². The number of ether oxygens (including phenoxy) is 1. The predicted molar refractivity (Wildman–Crippen MR) is 78.2 cm³/mol. The van der Waals surface area contributed by atoms with Crippen molar-refractivity contribution >= 4 is 5.71 Å². The van der Waals surface area contributed by atoms with E-state index in [1.54, 1.807) is 6.20 Å². The topological polar surface area (TPSA) is 54.7 Å². The zero-order chi connectivity index (χ0) is 14.2. The van der Waals surface area contributed by atoms with Gasteiger partial charge in [0.25, 0.3) is 0 Å². The van der Waals surface area contributed by atoms with Gasteiger partial charge in [-0.25, -0.2) is 0 Å². The summed E-state index contributed by atoms with van der Waals surface area (Å²) in [7, 11) is 0. The molecular weight excluding hydrogens is 252 g/mol. The predicted octanol–water partition coefficient (Wildman–Crippen LogP) is 3.44. The molecule has 1 N–H and O–H groups in total. The summed E-state index contributed by atoms with van der Waals surface area (Å²) in [5.74, 6) is 0.826. The molecule has 0 saturated carbocycles. The summed E-state index contributed by atoms with van der Waals surface area (Å²) in [6, 6.07) is 13.7. The van der Waals surface area contributed by atoms with Gasteiger partial charge in [-0.05, 0) is 49.6 Å². The van der Waals surface area contributed by atoms with Crippen LogP contribution in [0.2, 0.25) is 0 Å². The maximum Gasteiger partial charge on any atom is 0.130 e. The van der Waals surface area contributed by atoms with E-state index in [-0.39, 0.29) is 0 Å². The fourth-order valence-corrected chi connectivity index (χ4v) is 1.77. The Hall–Kier alpha value is -2.36. The zero-order valence-electron chi connectivity index (χ0n) is 11.5. The molecule has 0 aliphatic carbocycles. The molecule has 104 valence electrons. The zero-order valence-corrected chi connectivity index (χ0v) is 11.5. The molecule has 0 fully saturated rings. The summed E-state index contributed by atoms with van der Waals surface area (Å²) in [6.45, 7) is 2.28. The van der Waals surface area contributed by atoms with Crippen LogP contribution in [0.5, 0.6) is 5.75 Å². The number of hydrogen-bond acceptors (Lipinski definition) is 4. The summed E-state index contributed by atoms with van der Waals surface area (Å²) in [4.78, 5) is 4.21. The molecule has 2 aromatic rings. The van der Waals surface area contributed by atoms with Crippen LogP contribution in [0.1, 0.15) is 24.6 Å². The van der Waals surface area contributed by atoms with Gasteiger partial charge in [-0.3, -0.25) is 4.98 Å². The third-order valence-electron chi connectivity index (χ3n) is 2.98. The van der Waals surface area contributed by atoms with Crippen molar-refractivity contribution in [1.82, 2.24) is 4.98 Å². The first-order chi connectivity index (χ1) is 9.78. The minimum atomic E-state index is 0.469. The molecule has 4 nitrogen and oxygen atoms in total. The third kappa shape index (κ3) is 4.39. The quantitative estimate of drug-likeness (QED) is 0.497. The molecular formula is C16H18N2O2. The minimum Gasteiger partial charge on any atom is -0.487 e. The molecule has 2 rings (SSSR count). The number of rotatable bonds is 6. The fourth-order valence-electron chi connectivity index (χ4n) is 1.77. The number of pyridine rings is 1. The molecule has 0 aliphatic heterocycles. The van der Waals surface area contributed by atoms with E-state index in [9.17, 15) is 0 Å². The van der Waals surface area contributed by atoms with Gasteiger partial charge in [0.2, 0.25) is 0 Å². The van der Waals surface area contributed by atoms with Gasteiger partial charge < -0.3 is 9.94 Å². The molecule has 4 heteroatoms. The molecule has 1 aromatic carbocycles. The standard InChI is InChI=1S/C16H18N2O2/c1-13(18-19)5-6-14-7-9-16(10-8-14)20-12-15-4-2-3-11-17-15/h2-4,7-11,19H,5-6,12H2,1H3. The van der Waals surface area contributed by atoms with Crippen LogP contribution in [-0.2, 0) is 13.0 Å². The summed E-state index contributed by atoms with van der Waals surface area (Å²) in [5, 5.41) is 11.8. The minimum absolute atomic E-state index is 0.469. The Morgan fingerprint density at radius 3 is 2.65 bits per heavy atom. The average Bonchev–Trinajstić information content (AvgIpc) is 2.52. The normalized spacial score (nSPS) is 11.3. The first-order valence-corrected chi connectivity index (χ1v) is 6.57. The van der Waals surface area contributed by atoms with Crippen molar-refractivity contribution in [2.45, 2.75) is 26.4 Å². The Kier molecular flexibility index (Phi) is 5.12. The van der Waals surface area contributed by atoms with Gasteiger partial charge in [-0.15, -0.1) is 0 Å². The number of aromatic nitrogens is 1. The molecule has 0 saturated heterocycles. The van der Waals surface area contributed by atoms with E-state index < -0.39 is 0 Å². The van der Waals surface area contributed by atoms with Crippen LogP contribution in [0.4, 0.5) is 0 Å². The SMILES string of the molecule is CC(CCc1ccc(OCc2ccccn2)cc1)=NO. The first-order valence-electron chi connectivity index (χ1n) is 6.57. The Bertz CT molecular complexity index is 550. The highest BCUT2D eigenvalue weighted by Gasteiger charge is 1.99. The van der Waals surface area contributed by atoms with Gasteiger partial charge in [0.05, 0.1) is 11.4 Å². The molecule has 20 heavy (non-hydrogen) atoms. The van der Waals surface area contributed by atoms with Crippen LogP contribution >= 0.6 is 0 Å². The maximum absolute atomic E-state index is 8.60. The Morgan fingerprint density at radius 2 is 2.00 bits per heavy atom. The van der Waals surface area contributed by atoms with Gasteiger partial charge >= 0.3 is 0 Å². The van der Waals surface area contributed by atoms with Gasteiger partial charge in [0.15, 0.2) is 0 Å². The first kappa shape index (κ1) is 14.1. The highest BCUT2D eigenvalue weighted by atomic mass is 16.5. The highest BCUT2D eigenvalue weighted by molar-refractivity contribution is 5.81. The molecule has 0 aliphatic rings. The maximum atomic E-state index is 8.60. The van der Waals surface area contributed by atoms with E-state index in [2.05, 4.69) is 10.1 Å². The average molecular weight is 270 g/mol. The Labute approximate surface area is 118 Å². The lowest BCUT2D eigenvalue weighted by Crippen LogP contribution is -1.98. The number of nitrogens with zero attached hydrogens (tertiary/aromatic N) is 2. The van der Waals surface area contributed by atoms with Gasteiger partial charge in [0, 0.05) is 6.20 Å². The van der Waals surface area contributed by atoms with Gasteiger partial charge in [0.1, 0.15) is 12.4 Å². The van der Waals surface area contributed by atoms with Crippen molar-refractivity contribution in [3.05, 3.63) is 59.9 Å². The van der Waals surface area contributed by atoms with Crippen LogP contribution in [0.15, 0.2) is 53.8 Å². The summed E-state index contributed by atoms with van der Waals surface area (Å²) in [5.41, 5.74) is 2.84. The molecule has 0 spiro atoms. The number of hydrogen-bond donors (Lipinski definition) is 1. The number of benzene rings is 1. The second-order valence-corrected chi connectivity index (χ2v) is 4.59. The Balaban J connectivity index is 1.85. The van der Waals surface area contributed by atoms with Crippen LogP contribution in [0, 0.1) is 0 Å². The molecule has 0 unspecified atom stereocenters. The molecule has 1 aromatic heterocycles. The van der Waals surface area contributed by atoms with Crippen molar-refractivity contribution < 1.29 is 9.94 Å². The van der Waals surface area contributed by atoms with E-state index in [1.807, 2.05) is 49.4 Å². The molecule has 1 heterocycles. The van der Waals surface area contributed by atoms with Crippen LogP contribution in [-0.4, -0.2) is 15.9 Å². The third-order valence-corrected chi connectivity index (χ3v) is 2.98. The molecule has 0 amide bonds. The lowest BCUT2D eigenvalue weighted by molar-refractivity contribution is 0.301. The van der Waals surface area contributed by atoms with Crippen LogP contribution in [0.25, 0.3) is 0 Å². The highest BCUT2D eigenvalue weighted by Crippen LogP contribution is 2.15. The van der Waals surface area contributed by atoms with E-state index in [1.165, 1.54) is 5.56 Å². The van der Waals surface area contributed by atoms with Crippen molar-refractivity contribution in [2.24, 2.45) is 5.16 Å². The second kappa shape index (κ2) is 7.28. The molecule has 0 radical (unpaired) electrons. The summed E-state index contributed by atoms with van der Waals surface area (Å²) < 4.78 is 5.67.